The Morgan fingerprint density at radius 1 is 1.03 bits per heavy atom. The van der Waals surface area contributed by atoms with Crippen LogP contribution in [0.1, 0.15) is 28.4 Å². The predicted molar refractivity (Wildman–Crippen MR) is 116 cm³/mol. The van der Waals surface area contributed by atoms with Crippen LogP contribution in [0.5, 0.6) is 17.2 Å². The molecule has 0 atom stereocenters. The maximum atomic E-state index is 13.3. The zero-order chi connectivity index (χ0) is 22.1. The van der Waals surface area contributed by atoms with Crippen molar-refractivity contribution in [2.75, 3.05) is 13.7 Å². The maximum absolute atomic E-state index is 13.3. The summed E-state index contributed by atoms with van der Waals surface area (Å²) in [5, 5.41) is 4.01. The number of amides is 1. The number of carbonyl (C=O) groups excluding carboxylic acids is 1. The lowest BCUT2D eigenvalue weighted by atomic mass is 10.2. The monoisotopic (exact) mass is 422 g/mol. The molecule has 1 amide bonds. The Morgan fingerprint density at radius 3 is 2.65 bits per heavy atom. The zero-order valence-corrected chi connectivity index (χ0v) is 17.3. The van der Waals surface area contributed by atoms with E-state index in [2.05, 4.69) is 10.5 Å². The molecule has 0 aliphatic carbocycles. The van der Waals surface area contributed by atoms with Crippen molar-refractivity contribution in [1.29, 1.82) is 0 Å². The molecule has 0 bridgehead atoms. The number of halogens is 1. The van der Waals surface area contributed by atoms with Gasteiger partial charge in [-0.05, 0) is 60.5 Å². The summed E-state index contributed by atoms with van der Waals surface area (Å²) in [6.07, 6.45) is 1.51. The van der Waals surface area contributed by atoms with Gasteiger partial charge >= 0.3 is 0 Å². The Balaban J connectivity index is 1.60. The molecule has 0 saturated carbocycles. The van der Waals surface area contributed by atoms with Crippen molar-refractivity contribution in [2.24, 2.45) is 5.10 Å². The molecular weight excluding hydrogens is 399 g/mol. The number of hydrogen-bond donors (Lipinski definition) is 1. The Morgan fingerprint density at radius 2 is 1.87 bits per heavy atom. The zero-order valence-electron chi connectivity index (χ0n) is 17.3. The lowest BCUT2D eigenvalue weighted by Crippen LogP contribution is -2.17. The molecule has 3 rings (SSSR count). The highest BCUT2D eigenvalue weighted by atomic mass is 19.1. The van der Waals surface area contributed by atoms with Gasteiger partial charge in [0.05, 0.1) is 19.9 Å². The molecule has 0 spiro atoms. The second-order valence-electron chi connectivity index (χ2n) is 6.49. The number of rotatable bonds is 9. The van der Waals surface area contributed by atoms with E-state index in [9.17, 15) is 9.18 Å². The normalized spacial score (nSPS) is 10.7. The molecule has 0 saturated heterocycles. The second kappa shape index (κ2) is 10.8. The van der Waals surface area contributed by atoms with Gasteiger partial charge in [0.15, 0.2) is 11.5 Å². The van der Waals surface area contributed by atoms with Crippen LogP contribution in [-0.4, -0.2) is 25.8 Å². The summed E-state index contributed by atoms with van der Waals surface area (Å²) in [7, 11) is 1.54. The van der Waals surface area contributed by atoms with Gasteiger partial charge in [0.1, 0.15) is 18.2 Å². The molecular formula is C24H23FN2O4. The smallest absolute Gasteiger partial charge is 0.271 e. The maximum Gasteiger partial charge on any atom is 0.271 e. The van der Waals surface area contributed by atoms with Gasteiger partial charge in [-0.3, -0.25) is 4.79 Å². The fraction of sp³-hybridized carbons (Fsp3) is 0.167. The second-order valence-corrected chi connectivity index (χ2v) is 6.49. The van der Waals surface area contributed by atoms with E-state index >= 15 is 0 Å². The van der Waals surface area contributed by atoms with Crippen LogP contribution in [-0.2, 0) is 6.61 Å². The van der Waals surface area contributed by atoms with Crippen LogP contribution < -0.4 is 19.6 Å². The highest BCUT2D eigenvalue weighted by Gasteiger charge is 2.10. The van der Waals surface area contributed by atoms with Gasteiger partial charge in [0, 0.05) is 5.56 Å². The molecule has 160 valence electrons. The van der Waals surface area contributed by atoms with Crippen molar-refractivity contribution < 1.29 is 23.4 Å². The average Bonchev–Trinajstić information content (AvgIpc) is 2.78. The molecule has 0 heterocycles. The fourth-order valence-electron chi connectivity index (χ4n) is 2.79. The van der Waals surface area contributed by atoms with Crippen molar-refractivity contribution in [3.05, 3.63) is 89.2 Å². The molecule has 6 nitrogen and oxygen atoms in total. The Bertz CT molecular complexity index is 1070. The molecule has 0 aliphatic heterocycles. The van der Waals surface area contributed by atoms with E-state index in [-0.39, 0.29) is 18.3 Å². The van der Waals surface area contributed by atoms with Crippen LogP contribution in [0.2, 0.25) is 0 Å². The van der Waals surface area contributed by atoms with E-state index in [1.54, 1.807) is 42.5 Å². The van der Waals surface area contributed by atoms with Gasteiger partial charge < -0.3 is 14.2 Å². The Labute approximate surface area is 180 Å². The third-order valence-corrected chi connectivity index (χ3v) is 4.26. The van der Waals surface area contributed by atoms with Gasteiger partial charge in [0.2, 0.25) is 0 Å². The van der Waals surface area contributed by atoms with Crippen LogP contribution in [0.4, 0.5) is 4.39 Å². The van der Waals surface area contributed by atoms with E-state index in [1.807, 2.05) is 19.1 Å². The van der Waals surface area contributed by atoms with E-state index in [4.69, 9.17) is 14.2 Å². The predicted octanol–water partition coefficient (Wildman–Crippen LogP) is 4.58. The number of methoxy groups -OCH3 is 1. The summed E-state index contributed by atoms with van der Waals surface area (Å²) < 4.78 is 29.7. The van der Waals surface area contributed by atoms with E-state index in [0.717, 1.165) is 11.1 Å². The number of hydrazone groups is 1. The minimum absolute atomic E-state index is 0.245. The standard InChI is InChI=1S/C24H23FN2O4/c1-3-30-23-14-19(10-11-22(23)29-2)24(28)27-26-15-17-6-5-9-21(13-17)31-16-18-7-4-8-20(25)12-18/h4-15H,3,16H2,1-2H3,(H,27,28)/b26-15+. The fourth-order valence-corrected chi connectivity index (χ4v) is 2.79. The van der Waals surface area contributed by atoms with Crippen LogP contribution >= 0.6 is 0 Å². The topological polar surface area (TPSA) is 69.2 Å². The molecule has 3 aromatic rings. The summed E-state index contributed by atoms with van der Waals surface area (Å²) in [6, 6.07) is 18.4. The third-order valence-electron chi connectivity index (χ3n) is 4.26. The van der Waals surface area contributed by atoms with Gasteiger partial charge in [0.25, 0.3) is 5.91 Å². The lowest BCUT2D eigenvalue weighted by Gasteiger charge is -2.10. The first-order chi connectivity index (χ1) is 15.1. The average molecular weight is 422 g/mol. The summed E-state index contributed by atoms with van der Waals surface area (Å²) in [6.45, 7) is 2.55. The molecule has 3 aromatic carbocycles. The molecule has 31 heavy (non-hydrogen) atoms. The summed E-state index contributed by atoms with van der Waals surface area (Å²) in [5.41, 5.74) is 4.36. The number of nitrogens with one attached hydrogen (secondary N) is 1. The third kappa shape index (κ3) is 6.30. The first-order valence-electron chi connectivity index (χ1n) is 9.70. The molecule has 1 N–H and O–H groups in total. The molecule has 0 radical (unpaired) electrons. The van der Waals surface area contributed by atoms with Crippen molar-refractivity contribution in [3.63, 3.8) is 0 Å². The molecule has 0 aliphatic rings. The molecule has 7 heteroatoms. The Hall–Kier alpha value is -3.87. The number of benzene rings is 3. The molecule has 0 aromatic heterocycles. The van der Waals surface area contributed by atoms with Crippen LogP contribution in [0.25, 0.3) is 0 Å². The lowest BCUT2D eigenvalue weighted by molar-refractivity contribution is 0.0954. The number of nitrogens with zero attached hydrogens (tertiary/aromatic N) is 1. The van der Waals surface area contributed by atoms with Crippen molar-refractivity contribution in [2.45, 2.75) is 13.5 Å². The number of ether oxygens (including phenoxy) is 3. The highest BCUT2D eigenvalue weighted by molar-refractivity contribution is 5.95. The minimum Gasteiger partial charge on any atom is -0.493 e. The van der Waals surface area contributed by atoms with E-state index in [1.165, 1.54) is 25.5 Å². The number of carbonyl (C=O) groups is 1. The van der Waals surface area contributed by atoms with Crippen molar-refractivity contribution in [1.82, 2.24) is 5.43 Å². The quantitative estimate of drug-likeness (QED) is 0.405. The van der Waals surface area contributed by atoms with Gasteiger partial charge in [-0.1, -0.05) is 24.3 Å². The largest absolute Gasteiger partial charge is 0.493 e. The SMILES string of the molecule is CCOc1cc(C(=O)N/N=C/c2cccc(OCc3cccc(F)c3)c2)ccc1OC. The highest BCUT2D eigenvalue weighted by Crippen LogP contribution is 2.28. The van der Waals surface area contributed by atoms with Crippen molar-refractivity contribution >= 4 is 12.1 Å². The summed E-state index contributed by atoms with van der Waals surface area (Å²) >= 11 is 0. The number of hydrogen-bond acceptors (Lipinski definition) is 5. The van der Waals surface area contributed by atoms with Gasteiger partial charge in [-0.2, -0.15) is 5.10 Å². The van der Waals surface area contributed by atoms with Gasteiger partial charge in [-0.25, -0.2) is 9.82 Å². The first kappa shape index (κ1) is 21.8. The summed E-state index contributed by atoms with van der Waals surface area (Å²) in [4.78, 5) is 12.4. The molecule has 0 unspecified atom stereocenters. The van der Waals surface area contributed by atoms with Crippen LogP contribution in [0.15, 0.2) is 71.8 Å². The van der Waals surface area contributed by atoms with E-state index in [0.29, 0.717) is 29.4 Å². The summed E-state index contributed by atoms with van der Waals surface area (Å²) in [5.74, 6) is 0.971. The van der Waals surface area contributed by atoms with Crippen LogP contribution in [0, 0.1) is 5.82 Å². The first-order valence-corrected chi connectivity index (χ1v) is 9.70. The Kier molecular flexibility index (Phi) is 7.59. The van der Waals surface area contributed by atoms with Crippen molar-refractivity contribution in [3.8, 4) is 17.2 Å². The van der Waals surface area contributed by atoms with Crippen LogP contribution in [0.3, 0.4) is 0 Å². The van der Waals surface area contributed by atoms with E-state index < -0.39 is 0 Å². The van der Waals surface area contributed by atoms with Gasteiger partial charge in [-0.15, -0.1) is 0 Å². The molecule has 0 fully saturated rings. The minimum atomic E-state index is -0.377.